The van der Waals surface area contributed by atoms with Gasteiger partial charge in [-0.3, -0.25) is 5.41 Å². The van der Waals surface area contributed by atoms with Gasteiger partial charge in [-0.25, -0.2) is 14.4 Å². The van der Waals surface area contributed by atoms with Crippen molar-refractivity contribution >= 4 is 45.5 Å². The molecule has 164 valence electrons. The van der Waals surface area contributed by atoms with Crippen molar-refractivity contribution in [3.05, 3.63) is 47.5 Å². The van der Waals surface area contributed by atoms with Crippen LogP contribution in [0.25, 0.3) is 10.9 Å². The molecule has 0 saturated heterocycles. The largest absolute Gasteiger partial charge is 0.492 e. The number of nitrogens with one attached hydrogen (secondary N) is 3. The van der Waals surface area contributed by atoms with Crippen LogP contribution in [-0.2, 0) is 0 Å². The summed E-state index contributed by atoms with van der Waals surface area (Å²) in [5.74, 6) is 1.37. The van der Waals surface area contributed by atoms with Crippen LogP contribution in [0.4, 0.5) is 21.6 Å². The molecule has 7 nitrogen and oxygen atoms in total. The van der Waals surface area contributed by atoms with Gasteiger partial charge < -0.3 is 20.3 Å². The van der Waals surface area contributed by atoms with E-state index in [2.05, 4.69) is 20.6 Å². The van der Waals surface area contributed by atoms with Gasteiger partial charge in [0.15, 0.2) is 0 Å². The molecule has 0 saturated carbocycles. The fourth-order valence-electron chi connectivity index (χ4n) is 3.07. The van der Waals surface area contributed by atoms with Gasteiger partial charge in [0.05, 0.1) is 28.7 Å². The summed E-state index contributed by atoms with van der Waals surface area (Å²) < 4.78 is 19.3. The summed E-state index contributed by atoms with van der Waals surface area (Å²) in [6.07, 6.45) is 2.15. The second kappa shape index (κ2) is 10.3. The van der Waals surface area contributed by atoms with E-state index < -0.39 is 5.82 Å². The number of amidine groups is 1. The number of benzene rings is 2. The smallest absolute Gasteiger partial charge is 0.144 e. The van der Waals surface area contributed by atoms with Crippen molar-refractivity contribution in [3.63, 3.8) is 0 Å². The Kier molecular flexibility index (Phi) is 7.46. The predicted molar refractivity (Wildman–Crippen MR) is 125 cm³/mol. The van der Waals surface area contributed by atoms with Crippen molar-refractivity contribution in [2.45, 2.75) is 20.3 Å². The Hall–Kier alpha value is -3.13. The molecule has 3 aromatic rings. The Morgan fingerprint density at radius 1 is 1.23 bits per heavy atom. The lowest BCUT2D eigenvalue weighted by molar-refractivity contribution is 0.342. The summed E-state index contributed by atoms with van der Waals surface area (Å²) in [7, 11) is 1.90. The van der Waals surface area contributed by atoms with Gasteiger partial charge in [-0.2, -0.15) is 0 Å². The van der Waals surface area contributed by atoms with Gasteiger partial charge >= 0.3 is 0 Å². The lowest BCUT2D eigenvalue weighted by Crippen LogP contribution is -2.30. The average Bonchev–Trinajstić information content (AvgIpc) is 2.76. The predicted octanol–water partition coefficient (Wildman–Crippen LogP) is 5.30. The minimum Gasteiger partial charge on any atom is -0.492 e. The van der Waals surface area contributed by atoms with E-state index in [1.807, 2.05) is 37.9 Å². The third kappa shape index (κ3) is 5.52. The molecule has 9 heteroatoms. The molecule has 0 unspecified atom stereocenters. The topological polar surface area (TPSA) is 86.2 Å². The summed E-state index contributed by atoms with van der Waals surface area (Å²) in [5, 5.41) is 15.3. The van der Waals surface area contributed by atoms with Crippen LogP contribution in [0.3, 0.4) is 0 Å². The molecular formula is C22H26ClFN6O. The third-order valence-electron chi connectivity index (χ3n) is 4.78. The van der Waals surface area contributed by atoms with E-state index in [-0.39, 0.29) is 5.02 Å². The lowest BCUT2D eigenvalue weighted by atomic mass is 10.1. The number of likely N-dealkylation sites (N-methyl/N-ethyl adjacent to an activating group) is 1. The fourth-order valence-corrected chi connectivity index (χ4v) is 3.25. The minimum absolute atomic E-state index is 0.0334. The van der Waals surface area contributed by atoms with Gasteiger partial charge in [0.2, 0.25) is 0 Å². The van der Waals surface area contributed by atoms with Gasteiger partial charge in [0.25, 0.3) is 0 Å². The zero-order valence-corrected chi connectivity index (χ0v) is 18.6. The third-order valence-corrected chi connectivity index (χ3v) is 5.07. The van der Waals surface area contributed by atoms with Gasteiger partial charge in [-0.1, -0.05) is 18.5 Å². The number of hydrogen-bond donors (Lipinski definition) is 3. The summed E-state index contributed by atoms with van der Waals surface area (Å²) >= 11 is 5.90. The van der Waals surface area contributed by atoms with Crippen LogP contribution in [0.2, 0.25) is 5.02 Å². The number of nitrogens with zero attached hydrogens (tertiary/aromatic N) is 3. The normalized spacial score (nSPS) is 10.7. The van der Waals surface area contributed by atoms with E-state index in [0.717, 1.165) is 11.1 Å². The van der Waals surface area contributed by atoms with Gasteiger partial charge in [-0.05, 0) is 31.2 Å². The molecule has 2 aromatic carbocycles. The molecule has 0 aliphatic carbocycles. The first-order chi connectivity index (χ1) is 14.9. The van der Waals surface area contributed by atoms with Crippen molar-refractivity contribution in [2.75, 3.05) is 37.4 Å². The molecule has 0 fully saturated rings. The fraction of sp³-hybridized carbons (Fsp3) is 0.318. The number of ether oxygens (including phenoxy) is 1. The highest BCUT2D eigenvalue weighted by Crippen LogP contribution is 2.33. The number of aromatic nitrogens is 2. The number of halogens is 2. The summed E-state index contributed by atoms with van der Waals surface area (Å²) in [6.45, 7) is 5.72. The van der Waals surface area contributed by atoms with Crippen LogP contribution in [0.15, 0.2) is 36.7 Å². The number of fused-ring (bicyclic) bond motifs is 1. The van der Waals surface area contributed by atoms with Crippen LogP contribution in [-0.4, -0.2) is 47.4 Å². The van der Waals surface area contributed by atoms with Crippen molar-refractivity contribution in [3.8, 4) is 5.75 Å². The van der Waals surface area contributed by atoms with E-state index in [9.17, 15) is 4.39 Å². The quantitative estimate of drug-likeness (QED) is 0.307. The Morgan fingerprint density at radius 2 is 2.03 bits per heavy atom. The molecule has 0 radical (unpaired) electrons. The van der Waals surface area contributed by atoms with Crippen LogP contribution < -0.4 is 15.4 Å². The second-order valence-electron chi connectivity index (χ2n) is 6.92. The highest BCUT2D eigenvalue weighted by Gasteiger charge is 2.12. The number of rotatable bonds is 9. The van der Waals surface area contributed by atoms with Crippen molar-refractivity contribution in [1.29, 1.82) is 5.41 Å². The molecule has 31 heavy (non-hydrogen) atoms. The van der Waals surface area contributed by atoms with Crippen LogP contribution in [0, 0.1) is 11.2 Å². The molecule has 1 aromatic heterocycles. The molecule has 1 heterocycles. The van der Waals surface area contributed by atoms with E-state index >= 15 is 0 Å². The van der Waals surface area contributed by atoms with E-state index in [4.69, 9.17) is 21.7 Å². The maximum absolute atomic E-state index is 13.5. The molecule has 0 spiro atoms. The zero-order valence-electron chi connectivity index (χ0n) is 17.8. The maximum Gasteiger partial charge on any atom is 0.144 e. The first-order valence-corrected chi connectivity index (χ1v) is 10.5. The Labute approximate surface area is 186 Å². The van der Waals surface area contributed by atoms with Crippen LogP contribution in [0.1, 0.15) is 20.3 Å². The van der Waals surface area contributed by atoms with Crippen LogP contribution in [0.5, 0.6) is 5.75 Å². The SMILES string of the molecule is CCOc1cc2ncnc(Nc3ccc(F)c(Cl)c3)c2cc1NCCN(C)C(=N)CC. The Bertz CT molecular complexity index is 1080. The molecule has 0 amide bonds. The van der Waals surface area contributed by atoms with Gasteiger partial charge in [0, 0.05) is 43.7 Å². The van der Waals surface area contributed by atoms with Gasteiger partial charge in [0.1, 0.15) is 23.7 Å². The summed E-state index contributed by atoms with van der Waals surface area (Å²) in [5.41, 5.74) is 2.14. The first-order valence-electron chi connectivity index (χ1n) is 10.1. The summed E-state index contributed by atoms with van der Waals surface area (Å²) in [4.78, 5) is 10.6. The lowest BCUT2D eigenvalue weighted by Gasteiger charge is -2.20. The van der Waals surface area contributed by atoms with E-state index in [0.29, 0.717) is 54.7 Å². The first kappa shape index (κ1) is 22.6. The number of anilines is 3. The maximum atomic E-state index is 13.5. The molecule has 0 aliphatic heterocycles. The minimum atomic E-state index is -0.478. The highest BCUT2D eigenvalue weighted by molar-refractivity contribution is 6.31. The van der Waals surface area contributed by atoms with Gasteiger partial charge in [-0.15, -0.1) is 0 Å². The van der Waals surface area contributed by atoms with Crippen LogP contribution >= 0.6 is 11.6 Å². The molecule has 3 N–H and O–H groups in total. The Morgan fingerprint density at radius 3 is 2.74 bits per heavy atom. The standard InChI is InChI=1S/C22H26ClFN6O/c1-4-21(25)30(3)9-8-26-19-11-15-18(12-20(19)31-5-2)27-13-28-22(15)29-14-6-7-17(24)16(23)10-14/h6-7,10-13,25-26H,4-5,8-9H2,1-3H3,(H,27,28,29). The van der Waals surface area contributed by atoms with Crippen molar-refractivity contribution in [2.24, 2.45) is 0 Å². The van der Waals surface area contributed by atoms with Crippen molar-refractivity contribution in [1.82, 2.24) is 14.9 Å². The second-order valence-corrected chi connectivity index (χ2v) is 7.33. The Balaban J connectivity index is 1.89. The number of hydrogen-bond acceptors (Lipinski definition) is 6. The molecule has 0 atom stereocenters. The highest BCUT2D eigenvalue weighted by atomic mass is 35.5. The molecule has 3 rings (SSSR count). The molecule has 0 aliphatic rings. The van der Waals surface area contributed by atoms with Crippen molar-refractivity contribution < 1.29 is 9.13 Å². The van der Waals surface area contributed by atoms with E-state index in [1.165, 1.54) is 18.5 Å². The monoisotopic (exact) mass is 444 g/mol. The molecule has 0 bridgehead atoms. The average molecular weight is 445 g/mol. The molecular weight excluding hydrogens is 419 g/mol. The summed E-state index contributed by atoms with van der Waals surface area (Å²) in [6, 6.07) is 8.21. The van der Waals surface area contributed by atoms with E-state index in [1.54, 1.807) is 6.07 Å². The zero-order chi connectivity index (χ0) is 22.4.